The zero-order chi connectivity index (χ0) is 18.5. The Morgan fingerprint density at radius 1 is 1.04 bits per heavy atom. The first-order chi connectivity index (χ1) is 12.5. The van der Waals surface area contributed by atoms with Gasteiger partial charge in [0.15, 0.2) is 4.34 Å². The molecule has 0 aliphatic carbocycles. The van der Waals surface area contributed by atoms with Gasteiger partial charge in [0.05, 0.1) is 22.5 Å². The predicted octanol–water partition coefficient (Wildman–Crippen LogP) is 3.76. The minimum atomic E-state index is -0.235. The zero-order valence-corrected chi connectivity index (χ0v) is 16.2. The molecule has 3 aromatic rings. The third-order valence-corrected chi connectivity index (χ3v) is 5.97. The van der Waals surface area contributed by atoms with E-state index in [1.165, 1.54) is 11.8 Å². The first-order valence-electron chi connectivity index (χ1n) is 8.14. The summed E-state index contributed by atoms with van der Waals surface area (Å²) in [5.41, 5.74) is 3.73. The van der Waals surface area contributed by atoms with E-state index >= 15 is 0 Å². The number of aryl methyl sites for hydroxylation is 2. The number of benzene rings is 2. The van der Waals surface area contributed by atoms with Crippen LogP contribution in [-0.4, -0.2) is 29.1 Å². The predicted molar refractivity (Wildman–Crippen MR) is 108 cm³/mol. The van der Waals surface area contributed by atoms with E-state index in [0.717, 1.165) is 31.4 Å². The number of hydrogen-bond acceptors (Lipinski definition) is 5. The number of nitrogens with one attached hydrogen (secondary N) is 2. The van der Waals surface area contributed by atoms with E-state index in [0.29, 0.717) is 0 Å². The summed E-state index contributed by atoms with van der Waals surface area (Å²) >= 11 is 2.94. The Kier molecular flexibility index (Phi) is 5.90. The van der Waals surface area contributed by atoms with Crippen LogP contribution in [-0.2, 0) is 9.59 Å². The maximum atomic E-state index is 12.1. The summed E-state index contributed by atoms with van der Waals surface area (Å²) in [5.74, 6) is -0.192. The highest BCUT2D eigenvalue weighted by Crippen LogP contribution is 2.29. The van der Waals surface area contributed by atoms with Crippen molar-refractivity contribution in [2.75, 3.05) is 17.6 Å². The summed E-state index contributed by atoms with van der Waals surface area (Å²) in [6.45, 7) is 3.83. The van der Waals surface area contributed by atoms with Crippen LogP contribution in [0, 0.1) is 13.8 Å². The lowest BCUT2D eigenvalue weighted by atomic mass is 10.1. The van der Waals surface area contributed by atoms with E-state index in [4.69, 9.17) is 0 Å². The van der Waals surface area contributed by atoms with Gasteiger partial charge < -0.3 is 10.6 Å². The Bertz CT molecular complexity index is 900. The summed E-state index contributed by atoms with van der Waals surface area (Å²) in [7, 11) is 0. The van der Waals surface area contributed by atoms with Gasteiger partial charge in [-0.3, -0.25) is 9.59 Å². The molecule has 0 unspecified atom stereocenters. The van der Waals surface area contributed by atoms with Crippen molar-refractivity contribution in [1.29, 1.82) is 0 Å². The number of carbonyl (C=O) groups excluding carboxylic acids is 2. The number of aromatic nitrogens is 1. The fourth-order valence-electron chi connectivity index (χ4n) is 2.47. The van der Waals surface area contributed by atoms with Gasteiger partial charge in [-0.25, -0.2) is 4.98 Å². The van der Waals surface area contributed by atoms with Gasteiger partial charge in [0, 0.05) is 5.69 Å². The van der Waals surface area contributed by atoms with Crippen LogP contribution in [0.15, 0.2) is 46.8 Å². The second-order valence-electron chi connectivity index (χ2n) is 5.83. The molecule has 0 radical (unpaired) electrons. The molecule has 0 atom stereocenters. The minimum absolute atomic E-state index is 0.0486. The van der Waals surface area contributed by atoms with Gasteiger partial charge >= 0.3 is 0 Å². The first-order valence-corrected chi connectivity index (χ1v) is 9.94. The molecule has 0 saturated heterocycles. The van der Waals surface area contributed by atoms with E-state index in [1.807, 2.05) is 56.3 Å². The number of thioether (sulfide) groups is 1. The monoisotopic (exact) mass is 385 g/mol. The number of rotatable bonds is 6. The third kappa shape index (κ3) is 4.62. The van der Waals surface area contributed by atoms with E-state index in [9.17, 15) is 9.59 Å². The van der Waals surface area contributed by atoms with Crippen molar-refractivity contribution in [3.63, 3.8) is 0 Å². The van der Waals surface area contributed by atoms with Crippen LogP contribution in [0.2, 0.25) is 0 Å². The summed E-state index contributed by atoms with van der Waals surface area (Å²) in [4.78, 5) is 28.5. The molecule has 0 aliphatic heterocycles. The van der Waals surface area contributed by atoms with Crippen LogP contribution in [0.3, 0.4) is 0 Å². The summed E-state index contributed by atoms with van der Waals surface area (Å²) < 4.78 is 1.95. The van der Waals surface area contributed by atoms with Gasteiger partial charge in [-0.05, 0) is 37.1 Å². The molecule has 134 valence electrons. The van der Waals surface area contributed by atoms with E-state index < -0.39 is 0 Å². The van der Waals surface area contributed by atoms with E-state index in [1.54, 1.807) is 11.3 Å². The number of carbonyl (C=O) groups is 2. The topological polar surface area (TPSA) is 71.1 Å². The normalized spacial score (nSPS) is 10.7. The number of hydrogen-bond donors (Lipinski definition) is 2. The highest BCUT2D eigenvalue weighted by Gasteiger charge is 2.11. The van der Waals surface area contributed by atoms with Gasteiger partial charge in [0.2, 0.25) is 11.8 Å². The van der Waals surface area contributed by atoms with E-state index in [2.05, 4.69) is 15.6 Å². The lowest BCUT2D eigenvalue weighted by molar-refractivity contribution is -0.122. The quantitative estimate of drug-likeness (QED) is 0.634. The number of para-hydroxylation sites is 2. The average Bonchev–Trinajstić information content (AvgIpc) is 3.04. The average molecular weight is 386 g/mol. The molecule has 2 amide bonds. The lowest BCUT2D eigenvalue weighted by Crippen LogP contribution is -2.34. The molecule has 2 N–H and O–H groups in total. The van der Waals surface area contributed by atoms with Crippen molar-refractivity contribution < 1.29 is 9.59 Å². The SMILES string of the molecule is Cc1cccc(C)c1NC(=O)CNC(=O)CSc1nc2ccccc2s1. The van der Waals surface area contributed by atoms with Crippen molar-refractivity contribution in [2.24, 2.45) is 0 Å². The van der Waals surface area contributed by atoms with Gasteiger partial charge in [-0.2, -0.15) is 0 Å². The number of amides is 2. The van der Waals surface area contributed by atoms with Crippen molar-refractivity contribution in [3.8, 4) is 0 Å². The van der Waals surface area contributed by atoms with Crippen molar-refractivity contribution in [3.05, 3.63) is 53.6 Å². The maximum Gasteiger partial charge on any atom is 0.243 e. The molecule has 1 heterocycles. The molecular weight excluding hydrogens is 366 g/mol. The number of anilines is 1. The highest BCUT2D eigenvalue weighted by atomic mass is 32.2. The minimum Gasteiger partial charge on any atom is -0.346 e. The van der Waals surface area contributed by atoms with Crippen molar-refractivity contribution >= 4 is 50.8 Å². The molecule has 26 heavy (non-hydrogen) atoms. The van der Waals surface area contributed by atoms with Crippen molar-refractivity contribution in [2.45, 2.75) is 18.2 Å². The summed E-state index contributed by atoms with van der Waals surface area (Å²) in [5, 5.41) is 5.51. The van der Waals surface area contributed by atoms with Crippen LogP contribution in [0.5, 0.6) is 0 Å². The van der Waals surface area contributed by atoms with Crippen LogP contribution in [0.1, 0.15) is 11.1 Å². The standard InChI is InChI=1S/C19H19N3O2S2/c1-12-6-5-7-13(2)18(12)22-16(23)10-20-17(24)11-25-19-21-14-8-3-4-9-15(14)26-19/h3-9H,10-11H2,1-2H3,(H,20,24)(H,22,23). The first kappa shape index (κ1) is 18.4. The van der Waals surface area contributed by atoms with Crippen LogP contribution < -0.4 is 10.6 Å². The van der Waals surface area contributed by atoms with Crippen LogP contribution in [0.25, 0.3) is 10.2 Å². The smallest absolute Gasteiger partial charge is 0.243 e. The Hall–Kier alpha value is -2.38. The van der Waals surface area contributed by atoms with Gasteiger partial charge in [-0.15, -0.1) is 11.3 Å². The van der Waals surface area contributed by atoms with Gasteiger partial charge in [0.1, 0.15) is 0 Å². The maximum absolute atomic E-state index is 12.1. The molecule has 3 rings (SSSR count). The summed E-state index contributed by atoms with van der Waals surface area (Å²) in [6.07, 6.45) is 0. The fraction of sp³-hybridized carbons (Fsp3) is 0.211. The molecular formula is C19H19N3O2S2. The molecule has 5 nitrogen and oxygen atoms in total. The Morgan fingerprint density at radius 2 is 1.77 bits per heavy atom. The lowest BCUT2D eigenvalue weighted by Gasteiger charge is -2.11. The van der Waals surface area contributed by atoms with Crippen LogP contribution in [0.4, 0.5) is 5.69 Å². The molecule has 0 aliphatic rings. The number of nitrogens with zero attached hydrogens (tertiary/aromatic N) is 1. The molecule has 0 fully saturated rings. The number of fused-ring (bicyclic) bond motifs is 1. The largest absolute Gasteiger partial charge is 0.346 e. The molecule has 1 aromatic heterocycles. The van der Waals surface area contributed by atoms with E-state index in [-0.39, 0.29) is 24.1 Å². The van der Waals surface area contributed by atoms with Gasteiger partial charge in [0.25, 0.3) is 0 Å². The molecule has 0 spiro atoms. The van der Waals surface area contributed by atoms with Gasteiger partial charge in [-0.1, -0.05) is 42.1 Å². The molecule has 0 saturated carbocycles. The fourth-order valence-corrected chi connectivity index (χ4v) is 4.36. The number of thiazole rings is 1. The second-order valence-corrected chi connectivity index (χ2v) is 8.08. The third-order valence-electron chi connectivity index (χ3n) is 3.79. The molecule has 2 aromatic carbocycles. The van der Waals surface area contributed by atoms with Crippen molar-refractivity contribution in [1.82, 2.24) is 10.3 Å². The molecule has 7 heteroatoms. The Balaban J connectivity index is 1.47. The Morgan fingerprint density at radius 3 is 2.50 bits per heavy atom. The molecule has 0 bridgehead atoms. The summed E-state index contributed by atoms with van der Waals surface area (Å²) in [6, 6.07) is 13.7. The second kappa shape index (κ2) is 8.33. The zero-order valence-electron chi connectivity index (χ0n) is 14.5. The highest BCUT2D eigenvalue weighted by molar-refractivity contribution is 8.01. The Labute approximate surface area is 160 Å². The van der Waals surface area contributed by atoms with Crippen LogP contribution >= 0.6 is 23.1 Å².